The van der Waals surface area contributed by atoms with Crippen LogP contribution in [0.25, 0.3) is 33.8 Å². The first-order valence-electron chi connectivity index (χ1n) is 37.8. The largest absolute Gasteiger partial charge is 0.496 e. The first-order chi connectivity index (χ1) is 53.0. The lowest BCUT2D eigenvalue weighted by Gasteiger charge is -2.19. The van der Waals surface area contributed by atoms with E-state index in [1.807, 2.05) is 110 Å². The van der Waals surface area contributed by atoms with Crippen LogP contribution in [0.1, 0.15) is 152 Å². The smallest absolute Gasteiger partial charge is 0.325 e. The fraction of sp³-hybridized carbons (Fsp3) is 0.556. The topological polar surface area (TPSA) is 362 Å². The van der Waals surface area contributed by atoms with Gasteiger partial charge in [0.1, 0.15) is 54.1 Å². The molecular formula is C81H114N12O18. The van der Waals surface area contributed by atoms with Crippen LogP contribution in [0.15, 0.2) is 72.8 Å². The van der Waals surface area contributed by atoms with Gasteiger partial charge < -0.3 is 74.5 Å². The molecule has 3 aliphatic rings. The molecule has 0 bridgehead atoms. The number of hydrogen-bond acceptors (Lipinski definition) is 21. The molecule has 0 radical (unpaired) electrons. The Kier molecular flexibility index (Phi) is 33.1. The van der Waals surface area contributed by atoms with Gasteiger partial charge in [0.15, 0.2) is 17.1 Å². The second kappa shape index (κ2) is 41.9. The maximum atomic E-state index is 13.4. The number of benzene rings is 3. The fourth-order valence-electron chi connectivity index (χ4n) is 13.3. The van der Waals surface area contributed by atoms with Crippen LogP contribution in [-0.4, -0.2) is 184 Å². The zero-order valence-electron chi connectivity index (χ0n) is 67.5. The highest BCUT2D eigenvalue weighted by Gasteiger charge is 2.44. The number of rotatable bonds is 39. The highest BCUT2D eigenvalue weighted by molar-refractivity contribution is 5.97. The van der Waals surface area contributed by atoms with Gasteiger partial charge in [0.25, 0.3) is 17.7 Å². The molecule has 0 aliphatic heterocycles. The van der Waals surface area contributed by atoms with E-state index in [1.165, 1.54) is 21.3 Å². The monoisotopic (exact) mass is 1540 g/mol. The van der Waals surface area contributed by atoms with Crippen LogP contribution in [0, 0.1) is 53.3 Å². The van der Waals surface area contributed by atoms with Gasteiger partial charge in [-0.1, -0.05) is 80.5 Å². The Morgan fingerprint density at radius 3 is 0.919 bits per heavy atom. The summed E-state index contributed by atoms with van der Waals surface area (Å²) < 4.78 is 52.9. The zero-order valence-corrected chi connectivity index (χ0v) is 67.5. The summed E-state index contributed by atoms with van der Waals surface area (Å²) >= 11 is 0. The molecule has 6 amide bonds. The van der Waals surface area contributed by atoms with Crippen LogP contribution >= 0.6 is 0 Å². The molecule has 7 atom stereocenters. The summed E-state index contributed by atoms with van der Waals surface area (Å²) in [6.07, 6.45) is 5.24. The summed E-state index contributed by atoms with van der Waals surface area (Å²) in [6, 6.07) is 20.6. The van der Waals surface area contributed by atoms with Crippen molar-refractivity contribution in [3.63, 3.8) is 0 Å². The van der Waals surface area contributed by atoms with Gasteiger partial charge in [-0.05, 0) is 146 Å². The summed E-state index contributed by atoms with van der Waals surface area (Å²) in [5.41, 5.74) is 5.13. The van der Waals surface area contributed by atoms with Crippen LogP contribution in [0.2, 0.25) is 0 Å². The highest BCUT2D eigenvalue weighted by Crippen LogP contribution is 2.48. The maximum Gasteiger partial charge on any atom is 0.325 e. The van der Waals surface area contributed by atoms with E-state index in [-0.39, 0.29) is 109 Å². The molecule has 3 aliphatic carbocycles. The first kappa shape index (κ1) is 87.5. The number of aromatic nitrogens is 6. The van der Waals surface area contributed by atoms with E-state index in [9.17, 15) is 43.2 Å². The molecule has 3 fully saturated rings. The predicted octanol–water partition coefficient (Wildman–Crippen LogP) is 9.14. The van der Waals surface area contributed by atoms with E-state index >= 15 is 0 Å². The molecule has 111 heavy (non-hydrogen) atoms. The molecule has 3 aromatic carbocycles. The lowest BCUT2D eigenvalue weighted by molar-refractivity contribution is -0.141. The van der Waals surface area contributed by atoms with Crippen molar-refractivity contribution in [1.29, 1.82) is 0 Å². The minimum Gasteiger partial charge on any atom is -0.496 e. The third-order valence-electron chi connectivity index (χ3n) is 19.9. The number of methoxy groups -OCH3 is 9. The summed E-state index contributed by atoms with van der Waals surface area (Å²) in [5, 5.41) is 30.5. The van der Waals surface area contributed by atoms with Crippen LogP contribution in [-0.2, 0) is 62.6 Å². The molecule has 30 nitrogen and oxygen atoms in total. The van der Waals surface area contributed by atoms with Gasteiger partial charge in [-0.2, -0.15) is 15.3 Å². The number of nitrogens with zero attached hydrogens (tertiary/aromatic N) is 6. The number of ether oxygens (including phenoxy) is 9. The Labute approximate surface area is 650 Å². The Hall–Kier alpha value is -10.7. The fourth-order valence-corrected chi connectivity index (χ4v) is 13.3. The number of carbonyl (C=O) groups is 9. The Morgan fingerprint density at radius 2 is 0.685 bits per heavy atom. The lowest BCUT2D eigenvalue weighted by atomic mass is 10.0. The van der Waals surface area contributed by atoms with E-state index in [4.69, 9.17) is 33.5 Å². The van der Waals surface area contributed by atoms with Crippen LogP contribution < -0.4 is 60.3 Å². The second-order valence-electron chi connectivity index (χ2n) is 29.8. The molecule has 6 N–H and O–H groups in total. The van der Waals surface area contributed by atoms with Crippen molar-refractivity contribution < 1.29 is 85.8 Å². The number of hydrogen-bond donors (Lipinski definition) is 6. The van der Waals surface area contributed by atoms with Crippen molar-refractivity contribution in [1.82, 2.24) is 61.2 Å². The molecule has 0 spiro atoms. The first-order valence-corrected chi connectivity index (χ1v) is 37.8. The van der Waals surface area contributed by atoms with Gasteiger partial charge >= 0.3 is 17.9 Å². The van der Waals surface area contributed by atoms with E-state index < -0.39 is 36.0 Å². The molecule has 6 aromatic rings. The van der Waals surface area contributed by atoms with Crippen molar-refractivity contribution in [3.05, 3.63) is 89.9 Å². The molecule has 3 aromatic heterocycles. The van der Waals surface area contributed by atoms with E-state index in [0.717, 1.165) is 53.0 Å². The number of carbonyl (C=O) groups excluding carboxylic acids is 9. The standard InChI is InChI=1S/C28H40N4O6.C27H38N4O6.C26H36N4O6/c1-16(2)11-19(12-25(33)29-14-26(34)38-7)30-28(35)21-13-22(32(31-21)15-20-17(3)18(20)4)27-23(36-5)9-8-10-24(27)37-6;1-16(2)10-19(12-24(32)28-14-25(33)37-6)29-27(34)20-13-21(31(30-20)15-18-11-17(18)3)26-22(35-4)8-7-9-23(26)36-5;1-16(2)11-18(12-23(31)27-14-24(32)36-5)28-26(33)19-13-20(30(29-19)15-17-9-10-17)25-21(34-3)7-6-8-22(25)35-4/h8-10,13,16-20H,11-12,14-15H2,1-7H3,(H,29,33)(H,30,35);7-9,13,16-19H,10-12,14-15H2,1-6H3,(H,28,32)(H,29,34);6-8,13,16-18H,9-12,14-15H2,1-5H3,(H,27,31)(H,28,33)/t17?,18?,19-,20?;17?,18?,19-;18-/m000/s1. The molecule has 3 heterocycles. The van der Waals surface area contributed by atoms with E-state index in [0.29, 0.717) is 109 Å². The van der Waals surface area contributed by atoms with Crippen molar-refractivity contribution >= 4 is 53.4 Å². The van der Waals surface area contributed by atoms with Gasteiger partial charge in [-0.25, -0.2) is 0 Å². The predicted molar refractivity (Wildman–Crippen MR) is 415 cm³/mol. The number of nitrogens with one attached hydrogen (secondary N) is 6. The third-order valence-corrected chi connectivity index (χ3v) is 19.9. The number of amides is 6. The van der Waals surface area contributed by atoms with E-state index in [1.54, 1.807) is 60.9 Å². The highest BCUT2D eigenvalue weighted by atomic mass is 16.5. The second-order valence-corrected chi connectivity index (χ2v) is 29.8. The average Bonchev–Trinajstić information content (AvgIpc) is 1.64. The van der Waals surface area contributed by atoms with Gasteiger partial charge in [0, 0.05) is 57.0 Å². The van der Waals surface area contributed by atoms with Crippen molar-refractivity contribution in [2.75, 3.05) is 83.6 Å². The molecule has 9 rings (SSSR count). The minimum atomic E-state index is -0.535. The van der Waals surface area contributed by atoms with Crippen LogP contribution in [0.3, 0.4) is 0 Å². The minimum absolute atomic E-state index is 0.0336. The molecule has 30 heteroatoms. The van der Waals surface area contributed by atoms with Gasteiger partial charge in [-0.15, -0.1) is 0 Å². The Morgan fingerprint density at radius 1 is 0.414 bits per heavy atom. The maximum absolute atomic E-state index is 13.4. The van der Waals surface area contributed by atoms with Gasteiger partial charge in [-0.3, -0.25) is 57.2 Å². The summed E-state index contributed by atoms with van der Waals surface area (Å²) in [7, 11) is 13.3. The molecular weight excluding hydrogens is 1430 g/mol. The lowest BCUT2D eigenvalue weighted by Crippen LogP contribution is -2.41. The van der Waals surface area contributed by atoms with E-state index in [2.05, 4.69) is 77.1 Å². The molecule has 0 saturated heterocycles. The average molecular weight is 1540 g/mol. The van der Waals surface area contributed by atoms with Crippen LogP contribution in [0.4, 0.5) is 0 Å². The zero-order chi connectivity index (χ0) is 81.3. The quantitative estimate of drug-likeness (QED) is 0.0155. The van der Waals surface area contributed by atoms with Crippen LogP contribution in [0.5, 0.6) is 34.5 Å². The Bertz CT molecular complexity index is 4080. The normalized spacial score (nSPS) is 16.7. The van der Waals surface area contributed by atoms with Crippen molar-refractivity contribution in [2.24, 2.45) is 53.3 Å². The van der Waals surface area contributed by atoms with Gasteiger partial charge in [0.05, 0.1) is 97.8 Å². The number of esters is 3. The molecule has 3 saturated carbocycles. The molecule has 4 unspecified atom stereocenters. The van der Waals surface area contributed by atoms with Crippen molar-refractivity contribution in [3.8, 4) is 68.3 Å². The van der Waals surface area contributed by atoms with Crippen molar-refractivity contribution in [2.45, 2.75) is 158 Å². The Balaban J connectivity index is 0.000000231. The summed E-state index contributed by atoms with van der Waals surface area (Å²) in [6.45, 7) is 20.1. The summed E-state index contributed by atoms with van der Waals surface area (Å²) in [5.74, 6) is 3.91. The molecule has 606 valence electrons. The third kappa shape index (κ3) is 25.7. The SMILES string of the molecule is COC(=O)CNC(=O)C[C@H](CC(C)C)NC(=O)c1cc(-c2c(OC)cccc2OC)n(CC2C(C)C2C)n1.COC(=O)CNC(=O)C[C@H](CC(C)C)NC(=O)c1cc(-c2c(OC)cccc2OC)n(CC2CC2)n1.COC(=O)CNC(=O)C[C@H](CC(C)C)NC(=O)c1cc(-c2c(OC)cccc2OC)n(CC2CC2C)n1. The summed E-state index contributed by atoms with van der Waals surface area (Å²) in [4.78, 5) is 111. The van der Waals surface area contributed by atoms with Gasteiger partial charge in [0.2, 0.25) is 17.7 Å².